The van der Waals surface area contributed by atoms with Crippen LogP contribution in [0, 0.1) is 0 Å². The predicted octanol–water partition coefficient (Wildman–Crippen LogP) is 1.35. The third-order valence-electron chi connectivity index (χ3n) is 2.71. The topological polar surface area (TPSA) is 21.7 Å². The van der Waals surface area contributed by atoms with Gasteiger partial charge in [-0.1, -0.05) is 0 Å². The lowest BCUT2D eigenvalue weighted by Crippen LogP contribution is -2.38. The van der Waals surface area contributed by atoms with E-state index in [2.05, 4.69) is 18.9 Å². The van der Waals surface area contributed by atoms with E-state index in [-0.39, 0.29) is 0 Å². The lowest BCUT2D eigenvalue weighted by molar-refractivity contribution is 0.0648. The summed E-state index contributed by atoms with van der Waals surface area (Å²) >= 11 is 5.51. The van der Waals surface area contributed by atoms with Gasteiger partial charge < -0.3 is 9.47 Å². The van der Waals surface area contributed by atoms with E-state index in [9.17, 15) is 0 Å². The molecule has 1 heterocycles. The highest BCUT2D eigenvalue weighted by atomic mass is 35.5. The van der Waals surface area contributed by atoms with Gasteiger partial charge in [0.05, 0.1) is 19.3 Å². The number of nitrogens with zero attached hydrogens (tertiary/aromatic N) is 1. The predicted molar refractivity (Wildman–Crippen MR) is 58.0 cm³/mol. The fourth-order valence-corrected chi connectivity index (χ4v) is 1.94. The van der Waals surface area contributed by atoms with E-state index in [1.165, 1.54) is 0 Å². The molecule has 0 aromatic heterocycles. The largest absolute Gasteiger partial charge is 0.379 e. The zero-order chi connectivity index (χ0) is 10.4. The summed E-state index contributed by atoms with van der Waals surface area (Å²) in [6.45, 7) is 5.38. The van der Waals surface area contributed by atoms with Crippen LogP contribution in [0.2, 0.25) is 0 Å². The fourth-order valence-electron chi connectivity index (χ4n) is 1.83. The van der Waals surface area contributed by atoms with Crippen LogP contribution in [0.15, 0.2) is 0 Å². The highest BCUT2D eigenvalue weighted by Gasteiger charge is 2.27. The first kappa shape index (κ1) is 12.2. The maximum Gasteiger partial charge on any atom is 0.0702 e. The Morgan fingerprint density at radius 2 is 2.29 bits per heavy atom. The Balaban J connectivity index is 2.11. The highest BCUT2D eigenvalue weighted by Crippen LogP contribution is 2.17. The summed E-state index contributed by atoms with van der Waals surface area (Å²) in [6.07, 6.45) is 1.49. The van der Waals surface area contributed by atoms with E-state index in [0.717, 1.165) is 26.2 Å². The van der Waals surface area contributed by atoms with Gasteiger partial charge in [0.15, 0.2) is 0 Å². The molecule has 1 rings (SSSR count). The van der Waals surface area contributed by atoms with E-state index in [4.69, 9.17) is 21.1 Å². The van der Waals surface area contributed by atoms with Gasteiger partial charge in [-0.05, 0) is 20.4 Å². The van der Waals surface area contributed by atoms with Crippen molar-refractivity contribution in [2.24, 2.45) is 0 Å². The molecule has 14 heavy (non-hydrogen) atoms. The first-order valence-electron chi connectivity index (χ1n) is 5.21. The first-order chi connectivity index (χ1) is 6.75. The Bertz CT molecular complexity index is 157. The molecule has 0 aromatic rings. The minimum atomic E-state index is 0.355. The van der Waals surface area contributed by atoms with Crippen molar-refractivity contribution in [2.45, 2.75) is 25.5 Å². The molecule has 2 atom stereocenters. The number of rotatable bonds is 6. The van der Waals surface area contributed by atoms with E-state index in [1.54, 1.807) is 0 Å². The van der Waals surface area contributed by atoms with Crippen LogP contribution in [0.1, 0.15) is 13.3 Å². The Morgan fingerprint density at radius 1 is 1.50 bits per heavy atom. The van der Waals surface area contributed by atoms with Crippen LogP contribution in [0.25, 0.3) is 0 Å². The van der Waals surface area contributed by atoms with Crippen LogP contribution < -0.4 is 0 Å². The van der Waals surface area contributed by atoms with Crippen molar-refractivity contribution >= 4 is 11.6 Å². The lowest BCUT2D eigenvalue weighted by Gasteiger charge is -2.26. The molecule has 4 heteroatoms. The molecule has 0 radical (unpaired) electrons. The molecule has 1 saturated heterocycles. The van der Waals surface area contributed by atoms with Crippen LogP contribution in [-0.4, -0.2) is 56.3 Å². The maximum atomic E-state index is 5.51. The van der Waals surface area contributed by atoms with Gasteiger partial charge in [0, 0.05) is 25.1 Å². The van der Waals surface area contributed by atoms with Gasteiger partial charge in [-0.3, -0.25) is 4.90 Å². The average molecular weight is 222 g/mol. The number of ether oxygens (including phenoxy) is 2. The summed E-state index contributed by atoms with van der Waals surface area (Å²) in [5, 5.41) is 0. The second kappa shape index (κ2) is 6.62. The summed E-state index contributed by atoms with van der Waals surface area (Å²) in [4.78, 5) is 2.31. The molecule has 84 valence electrons. The second-order valence-corrected chi connectivity index (χ2v) is 4.09. The molecule has 0 saturated carbocycles. The molecule has 3 nitrogen and oxygen atoms in total. The van der Waals surface area contributed by atoms with Crippen molar-refractivity contribution in [3.63, 3.8) is 0 Å². The number of hydrogen-bond acceptors (Lipinski definition) is 3. The Labute approximate surface area is 91.3 Å². The summed E-state index contributed by atoms with van der Waals surface area (Å²) in [7, 11) is 2.12. The minimum absolute atomic E-state index is 0.355. The number of alkyl halides is 1. The quantitative estimate of drug-likeness (QED) is 0.499. The number of hydrogen-bond donors (Lipinski definition) is 0. The van der Waals surface area contributed by atoms with Gasteiger partial charge >= 0.3 is 0 Å². The van der Waals surface area contributed by atoms with Crippen molar-refractivity contribution in [2.75, 3.05) is 39.3 Å². The molecule has 1 fully saturated rings. The van der Waals surface area contributed by atoms with Crippen molar-refractivity contribution in [1.29, 1.82) is 0 Å². The molecule has 0 bridgehead atoms. The second-order valence-electron chi connectivity index (χ2n) is 3.71. The maximum absolute atomic E-state index is 5.51. The Hall–Kier alpha value is 0.170. The van der Waals surface area contributed by atoms with Gasteiger partial charge in [0.2, 0.25) is 0 Å². The molecule has 0 spiro atoms. The van der Waals surface area contributed by atoms with Crippen molar-refractivity contribution in [3.8, 4) is 0 Å². The molecule has 0 aromatic carbocycles. The monoisotopic (exact) mass is 221 g/mol. The smallest absolute Gasteiger partial charge is 0.0702 e. The molecular formula is C10H20ClNO2. The Morgan fingerprint density at radius 3 is 2.86 bits per heavy atom. The van der Waals surface area contributed by atoms with E-state index in [0.29, 0.717) is 24.6 Å². The zero-order valence-corrected chi connectivity index (χ0v) is 9.79. The molecule has 0 amide bonds. The fraction of sp³-hybridized carbons (Fsp3) is 1.00. The minimum Gasteiger partial charge on any atom is -0.379 e. The summed E-state index contributed by atoms with van der Waals surface area (Å²) < 4.78 is 10.8. The van der Waals surface area contributed by atoms with Crippen molar-refractivity contribution in [3.05, 3.63) is 0 Å². The van der Waals surface area contributed by atoms with Crippen molar-refractivity contribution < 1.29 is 9.47 Å². The molecule has 1 aliphatic rings. The van der Waals surface area contributed by atoms with Gasteiger partial charge in [0.25, 0.3) is 0 Å². The average Bonchev–Trinajstić information content (AvgIpc) is 2.59. The van der Waals surface area contributed by atoms with Crippen LogP contribution in [0.4, 0.5) is 0 Å². The molecular weight excluding hydrogens is 202 g/mol. The first-order valence-corrected chi connectivity index (χ1v) is 5.74. The van der Waals surface area contributed by atoms with Crippen LogP contribution >= 0.6 is 11.6 Å². The van der Waals surface area contributed by atoms with Gasteiger partial charge in [-0.15, -0.1) is 11.6 Å². The van der Waals surface area contributed by atoms with Gasteiger partial charge in [-0.25, -0.2) is 0 Å². The SMILES string of the molecule is CC1OCCC1N(C)CCOCCCl. The third kappa shape index (κ3) is 3.73. The summed E-state index contributed by atoms with van der Waals surface area (Å²) in [5.41, 5.74) is 0. The zero-order valence-electron chi connectivity index (χ0n) is 9.04. The van der Waals surface area contributed by atoms with Crippen LogP contribution in [0.5, 0.6) is 0 Å². The summed E-state index contributed by atoms with van der Waals surface area (Å²) in [6, 6.07) is 0.551. The molecule has 2 unspecified atom stereocenters. The molecule has 1 aliphatic heterocycles. The lowest BCUT2D eigenvalue weighted by atomic mass is 10.1. The molecule has 0 aliphatic carbocycles. The van der Waals surface area contributed by atoms with Crippen molar-refractivity contribution in [1.82, 2.24) is 4.90 Å². The van der Waals surface area contributed by atoms with Gasteiger partial charge in [-0.2, -0.15) is 0 Å². The molecule has 0 N–H and O–H groups in total. The van der Waals surface area contributed by atoms with E-state index < -0.39 is 0 Å². The standard InChI is InChI=1S/C10H20ClNO2/c1-9-10(3-6-14-9)12(2)5-8-13-7-4-11/h9-10H,3-8H2,1-2H3. The van der Waals surface area contributed by atoms with E-state index >= 15 is 0 Å². The number of likely N-dealkylation sites (N-methyl/N-ethyl adjacent to an activating group) is 1. The van der Waals surface area contributed by atoms with Gasteiger partial charge in [0.1, 0.15) is 0 Å². The summed E-state index contributed by atoms with van der Waals surface area (Å²) in [5.74, 6) is 0.576. The van der Waals surface area contributed by atoms with Crippen LogP contribution in [-0.2, 0) is 9.47 Å². The highest BCUT2D eigenvalue weighted by molar-refractivity contribution is 6.17. The normalized spacial score (nSPS) is 27.4. The number of halogens is 1. The third-order valence-corrected chi connectivity index (χ3v) is 2.87. The van der Waals surface area contributed by atoms with E-state index in [1.807, 2.05) is 0 Å². The Kier molecular flexibility index (Phi) is 5.78. The van der Waals surface area contributed by atoms with Crippen LogP contribution in [0.3, 0.4) is 0 Å².